The van der Waals surface area contributed by atoms with Gasteiger partial charge in [-0.05, 0) is 48.9 Å². The summed E-state index contributed by atoms with van der Waals surface area (Å²) in [6.45, 7) is 1.82. The highest BCUT2D eigenvalue weighted by molar-refractivity contribution is 7.93. The Kier molecular flexibility index (Phi) is 3.74. The van der Waals surface area contributed by atoms with Crippen molar-refractivity contribution in [1.29, 1.82) is 0 Å². The second-order valence-corrected chi connectivity index (χ2v) is 9.25. The van der Waals surface area contributed by atoms with Crippen molar-refractivity contribution in [1.82, 2.24) is 0 Å². The molecule has 0 radical (unpaired) electrons. The molecule has 3 aromatic rings. The lowest BCUT2D eigenvalue weighted by Crippen LogP contribution is -2.47. The van der Waals surface area contributed by atoms with E-state index in [0.29, 0.717) is 11.1 Å². The molecular weight excluding hydrogens is 372 g/mol. The molecule has 0 fully saturated rings. The zero-order valence-electron chi connectivity index (χ0n) is 15.5. The number of fused-ring (bicyclic) bond motifs is 1. The molecule has 0 unspecified atom stereocenters. The molecule has 1 atom stereocenters. The molecule has 5 rings (SSSR count). The predicted octanol–water partition coefficient (Wildman–Crippen LogP) is 3.72. The molecule has 0 saturated heterocycles. The Morgan fingerprint density at radius 1 is 1.00 bits per heavy atom. The molecule has 28 heavy (non-hydrogen) atoms. The summed E-state index contributed by atoms with van der Waals surface area (Å²) >= 11 is 0. The smallest absolute Gasteiger partial charge is 0.265 e. The van der Waals surface area contributed by atoms with Crippen LogP contribution in [0.3, 0.4) is 0 Å². The van der Waals surface area contributed by atoms with E-state index in [2.05, 4.69) is 0 Å². The van der Waals surface area contributed by atoms with Gasteiger partial charge in [0, 0.05) is 17.1 Å². The van der Waals surface area contributed by atoms with E-state index in [9.17, 15) is 13.2 Å². The molecule has 0 spiro atoms. The van der Waals surface area contributed by atoms with Crippen molar-refractivity contribution >= 4 is 38.1 Å². The van der Waals surface area contributed by atoms with Gasteiger partial charge in [-0.1, -0.05) is 42.5 Å². The third kappa shape index (κ3) is 2.37. The second-order valence-electron chi connectivity index (χ2n) is 7.42. The summed E-state index contributed by atoms with van der Waals surface area (Å²) in [6.07, 6.45) is 1.79. The number of carbonyl (C=O) groups excluding carboxylic acids is 1. The average molecular weight is 392 g/mol. The van der Waals surface area contributed by atoms with Crippen molar-refractivity contribution in [3.63, 3.8) is 0 Å². The number of para-hydroxylation sites is 1. The van der Waals surface area contributed by atoms with Crippen LogP contribution in [0.1, 0.15) is 18.9 Å². The number of rotatable bonds is 2. The zero-order chi connectivity index (χ0) is 19.5. The summed E-state index contributed by atoms with van der Waals surface area (Å²) in [4.78, 5) is 15.3. The Hall–Kier alpha value is -2.86. The van der Waals surface area contributed by atoms with Gasteiger partial charge in [0.25, 0.3) is 10.0 Å². The van der Waals surface area contributed by atoms with Crippen LogP contribution in [0.2, 0.25) is 0 Å². The molecule has 142 valence electrons. The van der Waals surface area contributed by atoms with E-state index >= 15 is 0 Å². The summed E-state index contributed by atoms with van der Waals surface area (Å²) in [7, 11) is -3.74. The first kappa shape index (κ1) is 17.3. The second kappa shape index (κ2) is 6.07. The monoisotopic (exact) mass is 392 g/mol. The van der Waals surface area contributed by atoms with Crippen molar-refractivity contribution in [3.8, 4) is 0 Å². The SMILES string of the molecule is C[C@@H]1CCc2ccccc2N1C(=O)CN1c2cccc3cccc(c23)S1(=O)=O. The normalized spacial score (nSPS) is 19.7. The lowest BCUT2D eigenvalue weighted by molar-refractivity contribution is -0.117. The summed E-state index contributed by atoms with van der Waals surface area (Å²) in [6, 6.07) is 18.7. The fourth-order valence-electron chi connectivity index (χ4n) is 4.40. The van der Waals surface area contributed by atoms with Crippen LogP contribution in [0.4, 0.5) is 11.4 Å². The molecular formula is C22H20N2O3S. The first-order chi connectivity index (χ1) is 13.5. The standard InChI is InChI=1S/C22H20N2O3S/c1-15-12-13-16-6-2-3-9-18(16)24(15)21(25)14-23-19-10-4-7-17-8-5-11-20(22(17)19)28(23,26)27/h2-11,15H,12-14H2,1H3/t15-/m1/s1. The maximum atomic E-state index is 13.3. The first-order valence-electron chi connectivity index (χ1n) is 9.43. The van der Waals surface area contributed by atoms with Crippen LogP contribution in [0.15, 0.2) is 65.6 Å². The van der Waals surface area contributed by atoms with Gasteiger partial charge in [0.05, 0.1) is 10.6 Å². The average Bonchev–Trinajstić information content (AvgIpc) is 2.91. The molecule has 3 aromatic carbocycles. The largest absolute Gasteiger partial charge is 0.308 e. The fraction of sp³-hybridized carbons (Fsp3) is 0.227. The highest BCUT2D eigenvalue weighted by Crippen LogP contribution is 2.42. The zero-order valence-corrected chi connectivity index (χ0v) is 16.3. The number of aryl methyl sites for hydroxylation is 1. The van der Waals surface area contributed by atoms with E-state index < -0.39 is 10.0 Å². The van der Waals surface area contributed by atoms with Crippen LogP contribution in [-0.2, 0) is 21.2 Å². The Labute approximate surface area is 164 Å². The number of anilines is 2. The Morgan fingerprint density at radius 2 is 1.71 bits per heavy atom. The first-order valence-corrected chi connectivity index (χ1v) is 10.9. The molecule has 2 aliphatic heterocycles. The van der Waals surface area contributed by atoms with Gasteiger partial charge in [-0.15, -0.1) is 0 Å². The molecule has 6 heteroatoms. The number of amides is 1. The van der Waals surface area contributed by atoms with E-state index in [1.165, 1.54) is 4.31 Å². The van der Waals surface area contributed by atoms with Crippen LogP contribution in [0.25, 0.3) is 10.8 Å². The van der Waals surface area contributed by atoms with Crippen LogP contribution in [0, 0.1) is 0 Å². The third-order valence-corrected chi connectivity index (χ3v) is 7.55. The van der Waals surface area contributed by atoms with Crippen molar-refractivity contribution in [2.24, 2.45) is 0 Å². The Bertz CT molecular complexity index is 1210. The van der Waals surface area contributed by atoms with E-state index in [4.69, 9.17) is 0 Å². The van der Waals surface area contributed by atoms with Gasteiger partial charge >= 0.3 is 0 Å². The van der Waals surface area contributed by atoms with Crippen molar-refractivity contribution in [2.75, 3.05) is 15.7 Å². The minimum atomic E-state index is -3.74. The van der Waals surface area contributed by atoms with Gasteiger partial charge in [-0.3, -0.25) is 9.10 Å². The molecule has 2 aliphatic rings. The topological polar surface area (TPSA) is 57.7 Å². The third-order valence-electron chi connectivity index (χ3n) is 5.75. The summed E-state index contributed by atoms with van der Waals surface area (Å²) in [5.41, 5.74) is 2.60. The van der Waals surface area contributed by atoms with Crippen molar-refractivity contribution in [2.45, 2.75) is 30.7 Å². The van der Waals surface area contributed by atoms with Crippen LogP contribution in [0.5, 0.6) is 0 Å². The molecule has 0 aromatic heterocycles. The van der Waals surface area contributed by atoms with E-state index in [1.807, 2.05) is 49.4 Å². The van der Waals surface area contributed by atoms with Gasteiger partial charge < -0.3 is 4.90 Å². The Balaban J connectivity index is 1.56. The predicted molar refractivity (Wildman–Crippen MR) is 110 cm³/mol. The quantitative estimate of drug-likeness (QED) is 0.668. The number of carbonyl (C=O) groups is 1. The lowest BCUT2D eigenvalue weighted by atomic mass is 9.96. The van der Waals surface area contributed by atoms with E-state index in [-0.39, 0.29) is 23.4 Å². The highest BCUT2D eigenvalue weighted by atomic mass is 32.2. The molecule has 0 saturated carbocycles. The van der Waals surface area contributed by atoms with Gasteiger partial charge in [0.1, 0.15) is 6.54 Å². The Morgan fingerprint density at radius 3 is 2.54 bits per heavy atom. The van der Waals surface area contributed by atoms with Gasteiger partial charge in [-0.25, -0.2) is 8.42 Å². The number of sulfonamides is 1. The summed E-state index contributed by atoms with van der Waals surface area (Å²) < 4.78 is 27.6. The van der Waals surface area contributed by atoms with E-state index in [0.717, 1.165) is 29.5 Å². The van der Waals surface area contributed by atoms with Crippen LogP contribution < -0.4 is 9.21 Å². The lowest BCUT2D eigenvalue weighted by Gasteiger charge is -2.36. The van der Waals surface area contributed by atoms with Crippen molar-refractivity contribution < 1.29 is 13.2 Å². The number of hydrogen-bond acceptors (Lipinski definition) is 3. The molecule has 2 heterocycles. The van der Waals surface area contributed by atoms with Crippen LogP contribution >= 0.6 is 0 Å². The molecule has 0 bridgehead atoms. The molecule has 5 nitrogen and oxygen atoms in total. The summed E-state index contributed by atoms with van der Waals surface area (Å²) in [5.74, 6) is -0.201. The van der Waals surface area contributed by atoms with Gasteiger partial charge in [0.2, 0.25) is 5.91 Å². The fourth-order valence-corrected chi connectivity index (χ4v) is 6.06. The number of nitrogens with zero attached hydrogens (tertiary/aromatic N) is 2. The maximum Gasteiger partial charge on any atom is 0.265 e. The summed E-state index contributed by atoms with van der Waals surface area (Å²) in [5, 5.41) is 1.56. The number of hydrogen-bond donors (Lipinski definition) is 0. The van der Waals surface area contributed by atoms with Crippen LogP contribution in [-0.4, -0.2) is 26.9 Å². The maximum absolute atomic E-state index is 13.3. The molecule has 1 amide bonds. The number of benzene rings is 3. The minimum Gasteiger partial charge on any atom is -0.308 e. The molecule has 0 aliphatic carbocycles. The highest BCUT2D eigenvalue weighted by Gasteiger charge is 2.38. The molecule has 0 N–H and O–H groups in total. The van der Waals surface area contributed by atoms with Gasteiger partial charge in [-0.2, -0.15) is 0 Å². The van der Waals surface area contributed by atoms with Crippen molar-refractivity contribution in [3.05, 3.63) is 66.2 Å². The van der Waals surface area contributed by atoms with E-state index in [1.54, 1.807) is 23.1 Å². The minimum absolute atomic E-state index is 0.0332. The van der Waals surface area contributed by atoms with Gasteiger partial charge in [0.15, 0.2) is 0 Å².